The van der Waals surface area contributed by atoms with Crippen LogP contribution < -0.4 is 5.73 Å². The van der Waals surface area contributed by atoms with Crippen LogP contribution in [0.25, 0.3) is 0 Å². The molecule has 0 spiro atoms. The fourth-order valence-electron chi connectivity index (χ4n) is 1.26. The smallest absolute Gasteiger partial charge is 0.319 e. The number of nitrogens with two attached hydrogens (primary N) is 1. The second kappa shape index (κ2) is 6.13. The molecule has 0 radical (unpaired) electrons. The van der Waals surface area contributed by atoms with E-state index in [2.05, 4.69) is 15.9 Å². The van der Waals surface area contributed by atoms with E-state index in [4.69, 9.17) is 10.5 Å². The largest absolute Gasteiger partial charge is 0.459 e. The van der Waals surface area contributed by atoms with Crippen molar-refractivity contribution in [1.82, 2.24) is 0 Å². The van der Waals surface area contributed by atoms with Crippen LogP contribution in [-0.2, 0) is 9.53 Å². The number of halogens is 2. The molecule has 0 fully saturated rings. The van der Waals surface area contributed by atoms with Crippen molar-refractivity contribution in [2.45, 2.75) is 43.4 Å². The van der Waals surface area contributed by atoms with E-state index in [1.807, 2.05) is 20.8 Å². The van der Waals surface area contributed by atoms with Crippen molar-refractivity contribution in [3.05, 3.63) is 22.4 Å². The lowest BCUT2D eigenvalue weighted by molar-refractivity contribution is -0.153. The zero-order chi connectivity index (χ0) is 14.8. The molecule has 19 heavy (non-hydrogen) atoms. The molecule has 1 aromatic rings. The summed E-state index contributed by atoms with van der Waals surface area (Å²) in [5, 5.41) is -0.402. The fourth-order valence-corrected chi connectivity index (χ4v) is 2.75. The number of hydrogen-bond acceptors (Lipinski definition) is 4. The molecule has 0 aromatic heterocycles. The van der Waals surface area contributed by atoms with Gasteiger partial charge in [0.2, 0.25) is 0 Å². The van der Waals surface area contributed by atoms with Gasteiger partial charge in [0.25, 0.3) is 0 Å². The summed E-state index contributed by atoms with van der Waals surface area (Å²) in [5.74, 6) is -0.798. The van der Waals surface area contributed by atoms with Crippen LogP contribution in [0.15, 0.2) is 21.5 Å². The van der Waals surface area contributed by atoms with Crippen molar-refractivity contribution in [1.29, 1.82) is 0 Å². The highest BCUT2D eigenvalue weighted by Crippen LogP contribution is 2.34. The Labute approximate surface area is 125 Å². The molecule has 0 saturated heterocycles. The minimum absolute atomic E-state index is 0.0575. The average Bonchev–Trinajstić information content (AvgIpc) is 2.23. The Morgan fingerprint density at radius 1 is 1.47 bits per heavy atom. The number of anilines is 1. The normalized spacial score (nSPS) is 13.2. The number of carbonyl (C=O) groups is 1. The molecule has 1 unspecified atom stereocenters. The van der Waals surface area contributed by atoms with Gasteiger partial charge in [-0.1, -0.05) is 0 Å². The van der Waals surface area contributed by atoms with Crippen molar-refractivity contribution in [3.8, 4) is 0 Å². The average molecular weight is 350 g/mol. The standard InChI is InChI=1S/C13H17BrFNO2S/c1-7(12(17)18-13(2,3)4)19-11-6-10(16)9(15)5-8(11)14/h5-7H,16H2,1-4H3. The number of thioether (sulfide) groups is 1. The van der Waals surface area contributed by atoms with E-state index in [1.165, 1.54) is 23.9 Å². The van der Waals surface area contributed by atoms with Gasteiger partial charge in [-0.3, -0.25) is 4.79 Å². The highest BCUT2D eigenvalue weighted by Gasteiger charge is 2.23. The summed E-state index contributed by atoms with van der Waals surface area (Å²) in [7, 11) is 0. The van der Waals surface area contributed by atoms with Gasteiger partial charge < -0.3 is 10.5 Å². The van der Waals surface area contributed by atoms with Crippen LogP contribution in [0, 0.1) is 5.82 Å². The topological polar surface area (TPSA) is 52.3 Å². The first-order chi connectivity index (χ1) is 8.60. The quantitative estimate of drug-likeness (QED) is 0.509. The van der Waals surface area contributed by atoms with Crippen molar-refractivity contribution in [3.63, 3.8) is 0 Å². The molecule has 1 rings (SSSR count). The number of hydrogen-bond donors (Lipinski definition) is 1. The highest BCUT2D eigenvalue weighted by atomic mass is 79.9. The summed E-state index contributed by atoms with van der Waals surface area (Å²) < 4.78 is 19.1. The Kier molecular flexibility index (Phi) is 5.26. The predicted octanol–water partition coefficient (Wildman–Crippen LogP) is 3.99. The zero-order valence-electron chi connectivity index (χ0n) is 11.3. The molecule has 106 valence electrons. The molecule has 0 amide bonds. The molecular weight excluding hydrogens is 333 g/mol. The zero-order valence-corrected chi connectivity index (χ0v) is 13.7. The van der Waals surface area contributed by atoms with Gasteiger partial charge in [-0.2, -0.15) is 0 Å². The van der Waals surface area contributed by atoms with E-state index in [0.717, 1.165) is 0 Å². The molecule has 1 atom stereocenters. The van der Waals surface area contributed by atoms with Gasteiger partial charge >= 0.3 is 5.97 Å². The van der Waals surface area contributed by atoms with Crippen LogP contribution in [0.1, 0.15) is 27.7 Å². The Bertz CT molecular complexity index is 488. The monoisotopic (exact) mass is 349 g/mol. The maximum absolute atomic E-state index is 13.2. The second-order valence-electron chi connectivity index (χ2n) is 5.10. The molecular formula is C13H17BrFNO2S. The molecule has 3 nitrogen and oxygen atoms in total. The van der Waals surface area contributed by atoms with Crippen molar-refractivity contribution in [2.75, 3.05) is 5.73 Å². The van der Waals surface area contributed by atoms with Crippen LogP contribution >= 0.6 is 27.7 Å². The first-order valence-electron chi connectivity index (χ1n) is 5.74. The van der Waals surface area contributed by atoms with Crippen LogP contribution in [0.5, 0.6) is 0 Å². The number of esters is 1. The number of rotatable bonds is 3. The maximum Gasteiger partial charge on any atom is 0.319 e. The van der Waals surface area contributed by atoms with Gasteiger partial charge in [0.1, 0.15) is 16.7 Å². The summed E-state index contributed by atoms with van der Waals surface area (Å²) in [6.07, 6.45) is 0. The molecule has 6 heteroatoms. The summed E-state index contributed by atoms with van der Waals surface area (Å²) in [6, 6.07) is 2.80. The third kappa shape index (κ3) is 5.03. The van der Waals surface area contributed by atoms with E-state index < -0.39 is 16.7 Å². The van der Waals surface area contributed by atoms with E-state index in [9.17, 15) is 9.18 Å². The Morgan fingerprint density at radius 3 is 2.58 bits per heavy atom. The lowest BCUT2D eigenvalue weighted by Crippen LogP contribution is -2.28. The molecule has 1 aromatic carbocycles. The summed E-state index contributed by atoms with van der Waals surface area (Å²) in [4.78, 5) is 12.6. The maximum atomic E-state index is 13.2. The van der Waals surface area contributed by atoms with Crippen LogP contribution in [-0.4, -0.2) is 16.8 Å². The molecule has 2 N–H and O–H groups in total. The highest BCUT2D eigenvalue weighted by molar-refractivity contribution is 9.10. The third-order valence-corrected chi connectivity index (χ3v) is 4.15. The Balaban J connectivity index is 2.80. The minimum Gasteiger partial charge on any atom is -0.459 e. The molecule has 0 aliphatic rings. The Hall–Kier alpha value is -0.750. The first kappa shape index (κ1) is 16.3. The first-order valence-corrected chi connectivity index (χ1v) is 7.41. The molecule has 0 saturated carbocycles. The van der Waals surface area contributed by atoms with E-state index in [-0.39, 0.29) is 11.7 Å². The number of ether oxygens (including phenoxy) is 1. The van der Waals surface area contributed by atoms with Gasteiger partial charge in [0.15, 0.2) is 0 Å². The van der Waals surface area contributed by atoms with Gasteiger partial charge in [-0.05, 0) is 55.8 Å². The third-order valence-electron chi connectivity index (χ3n) is 2.09. The van der Waals surface area contributed by atoms with Gasteiger partial charge in [0, 0.05) is 9.37 Å². The van der Waals surface area contributed by atoms with Crippen molar-refractivity contribution < 1.29 is 13.9 Å². The van der Waals surface area contributed by atoms with Crippen LogP contribution in [0.4, 0.5) is 10.1 Å². The fraction of sp³-hybridized carbons (Fsp3) is 0.462. The number of carbonyl (C=O) groups excluding carboxylic acids is 1. The summed E-state index contributed by atoms with van der Waals surface area (Å²) in [6.45, 7) is 7.18. The number of nitrogen functional groups attached to an aromatic ring is 1. The lowest BCUT2D eigenvalue weighted by Gasteiger charge is -2.22. The second-order valence-corrected chi connectivity index (χ2v) is 7.33. The lowest BCUT2D eigenvalue weighted by atomic mass is 10.2. The van der Waals surface area contributed by atoms with Crippen molar-refractivity contribution >= 4 is 39.3 Å². The molecule has 0 heterocycles. The number of benzene rings is 1. The SMILES string of the molecule is CC(Sc1cc(N)c(F)cc1Br)C(=O)OC(C)(C)C. The van der Waals surface area contributed by atoms with E-state index >= 15 is 0 Å². The van der Waals surface area contributed by atoms with Crippen molar-refractivity contribution in [2.24, 2.45) is 0 Å². The predicted molar refractivity (Wildman–Crippen MR) is 79.7 cm³/mol. The minimum atomic E-state index is -0.523. The van der Waals surface area contributed by atoms with Gasteiger partial charge in [-0.25, -0.2) is 4.39 Å². The summed E-state index contributed by atoms with van der Waals surface area (Å²) in [5.41, 5.74) is 5.05. The molecule has 0 aliphatic carbocycles. The van der Waals surface area contributed by atoms with Gasteiger partial charge in [-0.15, -0.1) is 11.8 Å². The molecule has 0 aliphatic heterocycles. The summed E-state index contributed by atoms with van der Waals surface area (Å²) >= 11 is 4.53. The van der Waals surface area contributed by atoms with Crippen LogP contribution in [0.2, 0.25) is 0 Å². The van der Waals surface area contributed by atoms with Crippen LogP contribution in [0.3, 0.4) is 0 Å². The van der Waals surface area contributed by atoms with E-state index in [1.54, 1.807) is 6.92 Å². The van der Waals surface area contributed by atoms with Gasteiger partial charge in [0.05, 0.1) is 5.69 Å². The van der Waals surface area contributed by atoms with E-state index in [0.29, 0.717) is 9.37 Å². The Morgan fingerprint density at radius 2 is 2.05 bits per heavy atom. The molecule has 0 bridgehead atoms.